The van der Waals surface area contributed by atoms with Crippen LogP contribution < -0.4 is 4.74 Å². The van der Waals surface area contributed by atoms with Gasteiger partial charge in [-0.15, -0.1) is 0 Å². The van der Waals surface area contributed by atoms with Crippen LogP contribution in [0, 0.1) is 18.7 Å². The van der Waals surface area contributed by atoms with E-state index in [1.54, 1.807) is 25.3 Å². The average molecular weight is 392 g/mol. The summed E-state index contributed by atoms with van der Waals surface area (Å²) < 4.78 is 19.7. The monoisotopic (exact) mass is 392 g/mol. The zero-order chi connectivity index (χ0) is 21.1. The van der Waals surface area contributed by atoms with Crippen LogP contribution in [0.2, 0.25) is 0 Å². The Morgan fingerprint density at radius 3 is 2.38 bits per heavy atom. The van der Waals surface area contributed by atoms with Gasteiger partial charge >= 0.3 is 0 Å². The molecule has 0 unspecified atom stereocenters. The topological polar surface area (TPSA) is 55.2 Å². The first-order chi connectivity index (χ1) is 13.8. The minimum Gasteiger partial charge on any atom is -0.508 e. The number of benzene rings is 2. The summed E-state index contributed by atoms with van der Waals surface area (Å²) in [6.07, 6.45) is 2.54. The van der Waals surface area contributed by atoms with Crippen LogP contribution in [0.1, 0.15) is 30.7 Å². The van der Waals surface area contributed by atoms with E-state index >= 15 is 0 Å². The highest BCUT2D eigenvalue weighted by atomic mass is 19.1. The Hall–Kier alpha value is -3.21. The zero-order valence-corrected chi connectivity index (χ0v) is 17.2. The van der Waals surface area contributed by atoms with E-state index in [-0.39, 0.29) is 11.5 Å². The van der Waals surface area contributed by atoms with Crippen LogP contribution in [0.15, 0.2) is 49.2 Å². The molecule has 5 heteroatoms. The fourth-order valence-corrected chi connectivity index (χ4v) is 3.30. The largest absolute Gasteiger partial charge is 0.508 e. The van der Waals surface area contributed by atoms with E-state index in [4.69, 9.17) is 9.72 Å². The predicted octanol–water partition coefficient (Wildman–Crippen LogP) is 5.99. The summed E-state index contributed by atoms with van der Waals surface area (Å²) in [4.78, 5) is 9.47. The quantitative estimate of drug-likeness (QED) is 0.523. The Bertz CT molecular complexity index is 1020. The number of hydrogen-bond donors (Lipinski definition) is 1. The van der Waals surface area contributed by atoms with Crippen molar-refractivity contribution < 1.29 is 14.2 Å². The molecule has 0 aliphatic carbocycles. The maximum atomic E-state index is 14.5. The van der Waals surface area contributed by atoms with E-state index in [1.165, 1.54) is 13.2 Å². The Morgan fingerprint density at radius 1 is 1.14 bits per heavy atom. The molecular weight excluding hydrogens is 367 g/mol. The standard InChI is InChI=1S/C24H25FN2O2/c1-14(2)10-20-13-26-22(19-11-15(3)24(29-5)21(25)12-19)23(27-20)18-8-6-17(7-9-18)16(4)28/h6-9,11-14,28H,4,10H2,1-3,5H3. The second kappa shape index (κ2) is 8.43. The number of aliphatic hydroxyl groups excluding tert-OH is 1. The number of nitrogens with zero attached hydrogens (tertiary/aromatic N) is 2. The maximum absolute atomic E-state index is 14.5. The van der Waals surface area contributed by atoms with Crippen LogP contribution >= 0.6 is 0 Å². The van der Waals surface area contributed by atoms with Crippen molar-refractivity contribution in [3.63, 3.8) is 0 Å². The number of methoxy groups -OCH3 is 1. The summed E-state index contributed by atoms with van der Waals surface area (Å²) in [5.74, 6) is 0.229. The number of aromatic nitrogens is 2. The van der Waals surface area contributed by atoms with Gasteiger partial charge in [-0.3, -0.25) is 4.98 Å². The summed E-state index contributed by atoms with van der Waals surface area (Å²) in [6.45, 7) is 9.60. The van der Waals surface area contributed by atoms with E-state index in [0.29, 0.717) is 34.0 Å². The van der Waals surface area contributed by atoms with Gasteiger partial charge in [0, 0.05) is 22.9 Å². The summed E-state index contributed by atoms with van der Waals surface area (Å²) in [5.41, 5.74) is 4.92. The maximum Gasteiger partial charge on any atom is 0.165 e. The van der Waals surface area contributed by atoms with E-state index in [0.717, 1.165) is 17.7 Å². The van der Waals surface area contributed by atoms with E-state index < -0.39 is 5.82 Å². The number of rotatable bonds is 6. The molecule has 29 heavy (non-hydrogen) atoms. The summed E-state index contributed by atoms with van der Waals surface area (Å²) in [6, 6.07) is 10.5. The summed E-state index contributed by atoms with van der Waals surface area (Å²) in [5, 5.41) is 9.60. The molecule has 4 nitrogen and oxygen atoms in total. The predicted molar refractivity (Wildman–Crippen MR) is 114 cm³/mol. The van der Waals surface area contributed by atoms with Crippen molar-refractivity contribution >= 4 is 5.76 Å². The molecule has 0 bridgehead atoms. The third-order valence-corrected chi connectivity index (χ3v) is 4.64. The molecule has 0 spiro atoms. The fourth-order valence-electron chi connectivity index (χ4n) is 3.30. The van der Waals surface area contributed by atoms with Crippen LogP contribution in [-0.4, -0.2) is 22.2 Å². The molecular formula is C24H25FN2O2. The van der Waals surface area contributed by atoms with E-state index in [9.17, 15) is 9.50 Å². The van der Waals surface area contributed by atoms with Crippen LogP contribution in [0.5, 0.6) is 5.75 Å². The number of aryl methyl sites for hydroxylation is 1. The number of aliphatic hydroxyl groups is 1. The Labute approximate surface area is 170 Å². The van der Waals surface area contributed by atoms with Gasteiger partial charge in [0.1, 0.15) is 5.76 Å². The van der Waals surface area contributed by atoms with Gasteiger partial charge in [0.2, 0.25) is 0 Å². The second-order valence-corrected chi connectivity index (χ2v) is 7.49. The van der Waals surface area contributed by atoms with Crippen LogP contribution in [0.3, 0.4) is 0 Å². The molecule has 0 aliphatic heterocycles. The molecule has 3 aromatic rings. The highest BCUT2D eigenvalue weighted by Gasteiger charge is 2.17. The average Bonchev–Trinajstić information content (AvgIpc) is 2.67. The smallest absolute Gasteiger partial charge is 0.165 e. The van der Waals surface area contributed by atoms with Crippen LogP contribution in [0.4, 0.5) is 4.39 Å². The molecule has 1 N–H and O–H groups in total. The van der Waals surface area contributed by atoms with Crippen molar-refractivity contribution in [3.05, 3.63) is 71.8 Å². The van der Waals surface area contributed by atoms with Gasteiger partial charge in [-0.05, 0) is 37.0 Å². The molecule has 0 atom stereocenters. The van der Waals surface area contributed by atoms with Gasteiger partial charge in [0.25, 0.3) is 0 Å². The lowest BCUT2D eigenvalue weighted by Gasteiger charge is -2.14. The second-order valence-electron chi connectivity index (χ2n) is 7.49. The summed E-state index contributed by atoms with van der Waals surface area (Å²) >= 11 is 0. The van der Waals surface area contributed by atoms with E-state index in [1.807, 2.05) is 18.2 Å². The Morgan fingerprint density at radius 2 is 1.83 bits per heavy atom. The first kappa shape index (κ1) is 20.5. The third kappa shape index (κ3) is 4.45. The van der Waals surface area contributed by atoms with Crippen molar-refractivity contribution in [3.8, 4) is 28.3 Å². The van der Waals surface area contributed by atoms with Gasteiger partial charge in [0.15, 0.2) is 11.6 Å². The molecule has 150 valence electrons. The minimum absolute atomic E-state index is 0.00395. The van der Waals surface area contributed by atoms with Crippen molar-refractivity contribution in [2.75, 3.05) is 7.11 Å². The molecule has 0 radical (unpaired) electrons. The summed E-state index contributed by atoms with van der Waals surface area (Å²) in [7, 11) is 1.45. The van der Waals surface area contributed by atoms with Gasteiger partial charge in [-0.2, -0.15) is 0 Å². The molecule has 0 saturated heterocycles. The highest BCUT2D eigenvalue weighted by molar-refractivity contribution is 5.79. The number of hydrogen-bond acceptors (Lipinski definition) is 4. The van der Waals surface area contributed by atoms with Crippen LogP contribution in [0.25, 0.3) is 28.3 Å². The van der Waals surface area contributed by atoms with Gasteiger partial charge in [0.05, 0.1) is 24.2 Å². The van der Waals surface area contributed by atoms with Crippen LogP contribution in [-0.2, 0) is 6.42 Å². The molecule has 1 aromatic heterocycles. The number of ether oxygens (including phenoxy) is 1. The van der Waals surface area contributed by atoms with Gasteiger partial charge < -0.3 is 9.84 Å². The minimum atomic E-state index is -0.437. The molecule has 1 heterocycles. The van der Waals surface area contributed by atoms with Crippen molar-refractivity contribution in [1.29, 1.82) is 0 Å². The van der Waals surface area contributed by atoms with Gasteiger partial charge in [-0.1, -0.05) is 44.7 Å². The van der Waals surface area contributed by atoms with Crippen molar-refractivity contribution in [2.24, 2.45) is 5.92 Å². The van der Waals surface area contributed by atoms with Gasteiger partial charge in [-0.25, -0.2) is 9.37 Å². The van der Waals surface area contributed by atoms with E-state index in [2.05, 4.69) is 25.4 Å². The molecule has 2 aromatic carbocycles. The molecule has 0 amide bonds. The number of halogens is 1. The lowest BCUT2D eigenvalue weighted by atomic mass is 10.00. The molecule has 0 saturated carbocycles. The molecule has 0 aliphatic rings. The highest BCUT2D eigenvalue weighted by Crippen LogP contribution is 2.34. The third-order valence-electron chi connectivity index (χ3n) is 4.64. The fraction of sp³-hybridized carbons (Fsp3) is 0.250. The Kier molecular flexibility index (Phi) is 5.97. The zero-order valence-electron chi connectivity index (χ0n) is 17.2. The molecule has 3 rings (SSSR count). The first-order valence-electron chi connectivity index (χ1n) is 9.49. The lowest BCUT2D eigenvalue weighted by molar-refractivity contribution is 0.383. The van der Waals surface area contributed by atoms with Crippen molar-refractivity contribution in [1.82, 2.24) is 9.97 Å². The SMILES string of the molecule is C=C(O)c1ccc(-c2nc(CC(C)C)cnc2-c2cc(C)c(OC)c(F)c2)cc1. The molecule has 0 fully saturated rings. The Balaban J connectivity index is 2.18. The lowest BCUT2D eigenvalue weighted by Crippen LogP contribution is -2.03. The first-order valence-corrected chi connectivity index (χ1v) is 9.49. The normalized spacial score (nSPS) is 11.0. The van der Waals surface area contributed by atoms with Crippen molar-refractivity contribution in [2.45, 2.75) is 27.2 Å².